The van der Waals surface area contributed by atoms with Crippen LogP contribution in [0.15, 0.2) is 77.6 Å². The number of rotatable bonds is 3. The Kier molecular flexibility index (Phi) is 3.67. The van der Waals surface area contributed by atoms with E-state index in [1.54, 1.807) is 4.57 Å². The minimum atomic E-state index is -0.0648. The van der Waals surface area contributed by atoms with Crippen LogP contribution >= 0.6 is 0 Å². The molecule has 0 saturated carbocycles. The van der Waals surface area contributed by atoms with Gasteiger partial charge in [0.2, 0.25) is 0 Å². The van der Waals surface area contributed by atoms with E-state index in [1.807, 2.05) is 72.8 Å². The molecule has 0 bridgehead atoms. The second kappa shape index (κ2) is 5.77. The first-order valence-electron chi connectivity index (χ1n) is 6.87. The molecule has 0 aliphatic rings. The SMILES string of the molecule is NCc1ccc(-c2ccccc2)n(-c2ccccc2)c1=O. The minimum Gasteiger partial charge on any atom is -0.326 e. The first kappa shape index (κ1) is 13.3. The molecule has 1 heterocycles. The Morgan fingerprint density at radius 1 is 0.810 bits per heavy atom. The summed E-state index contributed by atoms with van der Waals surface area (Å²) >= 11 is 0. The molecule has 3 aromatic rings. The third kappa shape index (κ3) is 2.51. The molecule has 0 amide bonds. The number of pyridine rings is 1. The van der Waals surface area contributed by atoms with Crippen molar-refractivity contribution in [2.24, 2.45) is 5.73 Å². The number of benzene rings is 2. The van der Waals surface area contributed by atoms with Gasteiger partial charge in [-0.1, -0.05) is 54.6 Å². The van der Waals surface area contributed by atoms with Crippen LogP contribution in [0.2, 0.25) is 0 Å². The zero-order valence-electron chi connectivity index (χ0n) is 11.6. The monoisotopic (exact) mass is 276 g/mol. The van der Waals surface area contributed by atoms with Crippen LogP contribution < -0.4 is 11.3 Å². The van der Waals surface area contributed by atoms with Crippen LogP contribution in [0.4, 0.5) is 0 Å². The molecule has 0 fully saturated rings. The molecule has 21 heavy (non-hydrogen) atoms. The first-order chi connectivity index (χ1) is 10.3. The molecule has 0 aliphatic carbocycles. The molecule has 3 heteroatoms. The van der Waals surface area contributed by atoms with E-state index >= 15 is 0 Å². The van der Waals surface area contributed by atoms with Gasteiger partial charge >= 0.3 is 0 Å². The zero-order valence-corrected chi connectivity index (χ0v) is 11.6. The highest BCUT2D eigenvalue weighted by atomic mass is 16.1. The van der Waals surface area contributed by atoms with Gasteiger partial charge in [0.1, 0.15) is 0 Å². The van der Waals surface area contributed by atoms with Gasteiger partial charge in [-0.2, -0.15) is 0 Å². The van der Waals surface area contributed by atoms with Crippen molar-refractivity contribution in [3.05, 3.63) is 88.7 Å². The third-order valence-corrected chi connectivity index (χ3v) is 3.46. The van der Waals surface area contributed by atoms with Crippen molar-refractivity contribution in [1.82, 2.24) is 4.57 Å². The van der Waals surface area contributed by atoms with Crippen molar-refractivity contribution in [1.29, 1.82) is 0 Å². The summed E-state index contributed by atoms with van der Waals surface area (Å²) in [7, 11) is 0. The lowest BCUT2D eigenvalue weighted by Gasteiger charge is -2.14. The highest BCUT2D eigenvalue weighted by Crippen LogP contribution is 2.21. The van der Waals surface area contributed by atoms with Crippen LogP contribution in [-0.4, -0.2) is 4.57 Å². The van der Waals surface area contributed by atoms with Crippen LogP contribution in [0.3, 0.4) is 0 Å². The predicted molar refractivity (Wildman–Crippen MR) is 85.4 cm³/mol. The van der Waals surface area contributed by atoms with Gasteiger partial charge in [0.05, 0.1) is 5.69 Å². The van der Waals surface area contributed by atoms with Gasteiger partial charge in [0.15, 0.2) is 0 Å². The van der Waals surface area contributed by atoms with Gasteiger partial charge in [-0.15, -0.1) is 0 Å². The average Bonchev–Trinajstić information content (AvgIpc) is 2.56. The van der Waals surface area contributed by atoms with Crippen molar-refractivity contribution in [2.45, 2.75) is 6.54 Å². The quantitative estimate of drug-likeness (QED) is 0.799. The summed E-state index contributed by atoms with van der Waals surface area (Å²) in [6, 6.07) is 23.3. The molecule has 1 aromatic heterocycles. The Morgan fingerprint density at radius 2 is 1.43 bits per heavy atom. The van der Waals surface area contributed by atoms with Gasteiger partial charge in [-0.3, -0.25) is 9.36 Å². The van der Waals surface area contributed by atoms with Crippen molar-refractivity contribution >= 4 is 0 Å². The Labute approximate surface area is 123 Å². The van der Waals surface area contributed by atoms with E-state index in [4.69, 9.17) is 5.73 Å². The minimum absolute atomic E-state index is 0.0648. The lowest BCUT2D eigenvalue weighted by Crippen LogP contribution is -2.25. The number of aromatic nitrogens is 1. The third-order valence-electron chi connectivity index (χ3n) is 3.46. The van der Waals surface area contributed by atoms with E-state index in [0.29, 0.717) is 5.56 Å². The van der Waals surface area contributed by atoms with E-state index in [-0.39, 0.29) is 12.1 Å². The Bertz CT molecular complexity index is 792. The molecule has 0 radical (unpaired) electrons. The van der Waals surface area contributed by atoms with Gasteiger partial charge in [0, 0.05) is 17.8 Å². The fourth-order valence-electron chi connectivity index (χ4n) is 2.40. The van der Waals surface area contributed by atoms with Gasteiger partial charge in [-0.25, -0.2) is 0 Å². The average molecular weight is 276 g/mol. The molecule has 3 rings (SSSR count). The van der Waals surface area contributed by atoms with Crippen molar-refractivity contribution in [3.63, 3.8) is 0 Å². The molecule has 0 saturated heterocycles. The van der Waals surface area contributed by atoms with Crippen LogP contribution in [0.25, 0.3) is 16.9 Å². The molecule has 2 aromatic carbocycles. The summed E-state index contributed by atoms with van der Waals surface area (Å²) in [6.45, 7) is 0.237. The maximum atomic E-state index is 12.7. The molecule has 104 valence electrons. The molecule has 0 aliphatic heterocycles. The number of hydrogen-bond acceptors (Lipinski definition) is 2. The summed E-state index contributed by atoms with van der Waals surface area (Å²) in [6.07, 6.45) is 0. The lowest BCUT2D eigenvalue weighted by molar-refractivity contribution is 0.932. The Balaban J connectivity index is 2.31. The number of nitrogens with two attached hydrogens (primary N) is 1. The van der Waals surface area contributed by atoms with Crippen LogP contribution in [0.1, 0.15) is 5.56 Å². The normalized spacial score (nSPS) is 10.5. The second-order valence-electron chi connectivity index (χ2n) is 4.79. The van der Waals surface area contributed by atoms with Crippen molar-refractivity contribution in [3.8, 4) is 16.9 Å². The summed E-state index contributed by atoms with van der Waals surface area (Å²) < 4.78 is 1.72. The lowest BCUT2D eigenvalue weighted by atomic mass is 10.1. The molecule has 2 N–H and O–H groups in total. The highest BCUT2D eigenvalue weighted by Gasteiger charge is 2.11. The number of para-hydroxylation sites is 1. The summed E-state index contributed by atoms with van der Waals surface area (Å²) in [5.41, 5.74) is 8.93. The predicted octanol–water partition coefficient (Wildman–Crippen LogP) is 2.96. The maximum absolute atomic E-state index is 12.7. The van der Waals surface area contributed by atoms with Crippen molar-refractivity contribution in [2.75, 3.05) is 0 Å². The standard InChI is InChI=1S/C18H16N2O/c19-13-15-11-12-17(14-7-3-1-4-8-14)20(18(15)21)16-9-5-2-6-10-16/h1-12H,13,19H2. The van der Waals surface area contributed by atoms with Gasteiger partial charge in [0.25, 0.3) is 5.56 Å². The summed E-state index contributed by atoms with van der Waals surface area (Å²) in [5.74, 6) is 0. The summed E-state index contributed by atoms with van der Waals surface area (Å²) in [5, 5.41) is 0. The molecular weight excluding hydrogens is 260 g/mol. The molecule has 0 atom stereocenters. The largest absolute Gasteiger partial charge is 0.326 e. The topological polar surface area (TPSA) is 48.0 Å². The van der Waals surface area contributed by atoms with E-state index < -0.39 is 0 Å². The Morgan fingerprint density at radius 3 is 2.05 bits per heavy atom. The smallest absolute Gasteiger partial charge is 0.260 e. The summed E-state index contributed by atoms with van der Waals surface area (Å²) in [4.78, 5) is 12.7. The molecule has 0 unspecified atom stereocenters. The fraction of sp³-hybridized carbons (Fsp3) is 0.0556. The number of hydrogen-bond donors (Lipinski definition) is 1. The van der Waals surface area contributed by atoms with E-state index in [2.05, 4.69) is 0 Å². The van der Waals surface area contributed by atoms with Crippen LogP contribution in [0.5, 0.6) is 0 Å². The second-order valence-corrected chi connectivity index (χ2v) is 4.79. The zero-order chi connectivity index (χ0) is 14.7. The number of nitrogens with zero attached hydrogens (tertiary/aromatic N) is 1. The first-order valence-corrected chi connectivity index (χ1v) is 6.87. The molecular formula is C18H16N2O. The van der Waals surface area contributed by atoms with Gasteiger partial charge < -0.3 is 5.73 Å². The molecule has 3 nitrogen and oxygen atoms in total. The Hall–Kier alpha value is -2.65. The molecule has 0 spiro atoms. The highest BCUT2D eigenvalue weighted by molar-refractivity contribution is 5.62. The maximum Gasteiger partial charge on any atom is 0.260 e. The van der Waals surface area contributed by atoms with E-state index in [1.165, 1.54) is 0 Å². The van der Waals surface area contributed by atoms with Crippen molar-refractivity contribution < 1.29 is 0 Å². The van der Waals surface area contributed by atoms with E-state index in [9.17, 15) is 4.79 Å². The van der Waals surface area contributed by atoms with E-state index in [0.717, 1.165) is 16.9 Å². The fourth-order valence-corrected chi connectivity index (χ4v) is 2.40. The van der Waals surface area contributed by atoms with Crippen LogP contribution in [0, 0.1) is 0 Å². The van der Waals surface area contributed by atoms with Gasteiger partial charge in [-0.05, 0) is 23.8 Å². The van der Waals surface area contributed by atoms with Crippen LogP contribution in [-0.2, 0) is 6.54 Å².